The van der Waals surface area contributed by atoms with Gasteiger partial charge in [0.1, 0.15) is 11.5 Å². The molecule has 0 spiro atoms. The van der Waals surface area contributed by atoms with Gasteiger partial charge in [0.2, 0.25) is 5.91 Å². The van der Waals surface area contributed by atoms with E-state index in [1.54, 1.807) is 0 Å². The number of carbonyl (C=O) groups is 2. The van der Waals surface area contributed by atoms with Crippen LogP contribution in [0.15, 0.2) is 54.6 Å². The number of aliphatic hydroxyl groups is 1. The van der Waals surface area contributed by atoms with Crippen LogP contribution in [0.1, 0.15) is 38.2 Å². The molecule has 31 heavy (non-hydrogen) atoms. The molecule has 0 heterocycles. The second-order valence-corrected chi connectivity index (χ2v) is 8.20. The van der Waals surface area contributed by atoms with Gasteiger partial charge in [-0.3, -0.25) is 9.59 Å². The van der Waals surface area contributed by atoms with Crippen molar-refractivity contribution in [2.24, 2.45) is 17.8 Å². The van der Waals surface area contributed by atoms with E-state index in [0.717, 1.165) is 23.5 Å². The first kappa shape index (κ1) is 22.8. The zero-order valence-electron chi connectivity index (χ0n) is 17.9. The number of carboxylic acid groups (broad SMARTS) is 1. The number of para-hydroxylation sites is 1. The van der Waals surface area contributed by atoms with Crippen molar-refractivity contribution in [3.8, 4) is 11.5 Å². The van der Waals surface area contributed by atoms with Gasteiger partial charge in [0.25, 0.3) is 0 Å². The van der Waals surface area contributed by atoms with Gasteiger partial charge in [0.15, 0.2) is 0 Å². The van der Waals surface area contributed by atoms with Crippen molar-refractivity contribution in [2.75, 3.05) is 13.2 Å². The number of nitrogens with zero attached hydrogens (tertiary/aromatic N) is 1. The monoisotopic (exact) mass is 425 g/mol. The lowest BCUT2D eigenvalue weighted by Gasteiger charge is -2.45. The van der Waals surface area contributed by atoms with Gasteiger partial charge in [0.05, 0.1) is 0 Å². The molecule has 3 unspecified atom stereocenters. The van der Waals surface area contributed by atoms with E-state index in [9.17, 15) is 19.8 Å². The number of carbonyl (C=O) groups excluding carboxylic acids is 1. The summed E-state index contributed by atoms with van der Waals surface area (Å²) in [6.45, 7) is 3.17. The minimum Gasteiger partial charge on any atom is -0.481 e. The summed E-state index contributed by atoms with van der Waals surface area (Å²) < 4.78 is 5.83. The lowest BCUT2D eigenvalue weighted by molar-refractivity contribution is -0.150. The van der Waals surface area contributed by atoms with Crippen LogP contribution in [0.2, 0.25) is 0 Å². The van der Waals surface area contributed by atoms with Crippen LogP contribution in [-0.4, -0.2) is 40.1 Å². The number of ether oxygens (including phenoxy) is 1. The maximum atomic E-state index is 13.2. The number of hydrogen-bond donors (Lipinski definition) is 2. The fraction of sp³-hybridized carbons (Fsp3) is 0.440. The van der Waals surface area contributed by atoms with Crippen LogP contribution in [0.25, 0.3) is 0 Å². The van der Waals surface area contributed by atoms with Crippen LogP contribution in [0.5, 0.6) is 11.5 Å². The van der Waals surface area contributed by atoms with E-state index in [1.165, 1.54) is 0 Å². The van der Waals surface area contributed by atoms with Crippen molar-refractivity contribution in [3.05, 3.63) is 60.2 Å². The summed E-state index contributed by atoms with van der Waals surface area (Å²) in [5.74, 6) is 0.264. The largest absolute Gasteiger partial charge is 0.481 e. The van der Waals surface area contributed by atoms with E-state index < -0.39 is 5.97 Å². The summed E-state index contributed by atoms with van der Waals surface area (Å²) in [6, 6.07) is 17.3. The molecule has 6 nitrogen and oxygen atoms in total. The Labute approximate surface area is 183 Å². The van der Waals surface area contributed by atoms with E-state index in [-0.39, 0.29) is 36.7 Å². The molecule has 6 heteroatoms. The van der Waals surface area contributed by atoms with Crippen molar-refractivity contribution in [1.29, 1.82) is 0 Å². The molecule has 2 N–H and O–H groups in total. The first-order valence-corrected chi connectivity index (χ1v) is 10.9. The lowest BCUT2D eigenvalue weighted by atomic mass is 9.61. The summed E-state index contributed by atoms with van der Waals surface area (Å²) in [5.41, 5.74) is 1.00. The second-order valence-electron chi connectivity index (χ2n) is 8.20. The topological polar surface area (TPSA) is 87.1 Å². The molecule has 1 aliphatic rings. The smallest absolute Gasteiger partial charge is 0.303 e. The molecule has 3 atom stereocenters. The molecule has 0 bridgehead atoms. The lowest BCUT2D eigenvalue weighted by Crippen LogP contribution is -2.49. The van der Waals surface area contributed by atoms with Crippen LogP contribution >= 0.6 is 0 Å². The first-order valence-electron chi connectivity index (χ1n) is 10.9. The zero-order valence-corrected chi connectivity index (χ0v) is 17.9. The van der Waals surface area contributed by atoms with Crippen molar-refractivity contribution in [1.82, 2.24) is 4.90 Å². The van der Waals surface area contributed by atoms with Gasteiger partial charge in [-0.1, -0.05) is 37.3 Å². The Kier molecular flexibility index (Phi) is 8.06. The highest BCUT2D eigenvalue weighted by molar-refractivity contribution is 5.81. The van der Waals surface area contributed by atoms with Crippen LogP contribution in [-0.2, 0) is 16.1 Å². The Hall–Kier alpha value is -2.86. The van der Waals surface area contributed by atoms with Gasteiger partial charge in [-0.25, -0.2) is 0 Å². The van der Waals surface area contributed by atoms with E-state index in [4.69, 9.17) is 4.74 Å². The molecule has 2 aromatic rings. The number of carboxylic acids is 1. The molecule has 0 radical (unpaired) electrons. The van der Waals surface area contributed by atoms with Gasteiger partial charge in [-0.15, -0.1) is 0 Å². The minimum atomic E-state index is -0.888. The molecule has 2 aromatic carbocycles. The fourth-order valence-corrected chi connectivity index (χ4v) is 4.38. The Morgan fingerprint density at radius 1 is 1.06 bits per heavy atom. The SMILES string of the molecule is CCCN(Cc1ccc(Oc2ccccc2)cc1)C(=O)C1CC(CCO)C1CC(=O)O. The van der Waals surface area contributed by atoms with Gasteiger partial charge >= 0.3 is 5.97 Å². The molecule has 1 aliphatic carbocycles. The quantitative estimate of drug-likeness (QED) is 0.560. The maximum Gasteiger partial charge on any atom is 0.303 e. The number of hydrogen-bond acceptors (Lipinski definition) is 4. The Morgan fingerprint density at radius 3 is 2.35 bits per heavy atom. The molecule has 3 rings (SSSR count). The number of rotatable bonds is 11. The third-order valence-corrected chi connectivity index (χ3v) is 5.99. The molecule has 1 amide bonds. The number of benzene rings is 2. The number of aliphatic carboxylic acids is 1. The third-order valence-electron chi connectivity index (χ3n) is 5.99. The third kappa shape index (κ3) is 6.07. The van der Waals surface area contributed by atoms with Gasteiger partial charge in [-0.2, -0.15) is 0 Å². The molecular weight excluding hydrogens is 394 g/mol. The van der Waals surface area contributed by atoms with Crippen molar-refractivity contribution >= 4 is 11.9 Å². The van der Waals surface area contributed by atoms with Crippen LogP contribution in [0.4, 0.5) is 0 Å². The first-order chi connectivity index (χ1) is 15.0. The highest BCUT2D eigenvalue weighted by atomic mass is 16.5. The average Bonchev–Trinajstić information content (AvgIpc) is 2.76. The summed E-state index contributed by atoms with van der Waals surface area (Å²) in [7, 11) is 0. The maximum absolute atomic E-state index is 13.2. The Balaban J connectivity index is 1.64. The molecule has 166 valence electrons. The summed E-state index contributed by atoms with van der Waals surface area (Å²) >= 11 is 0. The minimum absolute atomic E-state index is 0.0203. The van der Waals surface area contributed by atoms with E-state index in [2.05, 4.69) is 0 Å². The summed E-state index contributed by atoms with van der Waals surface area (Å²) in [6.07, 6.45) is 2.02. The number of aliphatic hydroxyl groups excluding tert-OH is 1. The highest BCUT2D eigenvalue weighted by Crippen LogP contribution is 2.45. The van der Waals surface area contributed by atoms with Crippen molar-refractivity contribution < 1.29 is 24.5 Å². The summed E-state index contributed by atoms with van der Waals surface area (Å²) in [4.78, 5) is 26.3. The van der Waals surface area contributed by atoms with Gasteiger partial charge < -0.3 is 19.8 Å². The molecule has 1 saturated carbocycles. The molecule has 0 aromatic heterocycles. The standard InChI is InChI=1S/C25H31NO5/c1-2-13-26(25(30)23-15-19(12-14-27)22(23)16-24(28)29)17-18-8-10-21(11-9-18)31-20-6-4-3-5-7-20/h3-11,19,22-23,27H,2,12-17H2,1H3,(H,28,29). The number of amides is 1. The normalized spacial score (nSPS) is 20.0. The predicted molar refractivity (Wildman–Crippen MR) is 118 cm³/mol. The zero-order chi connectivity index (χ0) is 22.2. The summed E-state index contributed by atoms with van der Waals surface area (Å²) in [5, 5.41) is 18.5. The van der Waals surface area contributed by atoms with E-state index in [1.807, 2.05) is 66.4 Å². The Morgan fingerprint density at radius 2 is 1.74 bits per heavy atom. The van der Waals surface area contributed by atoms with E-state index in [0.29, 0.717) is 25.9 Å². The average molecular weight is 426 g/mol. The molecule has 1 fully saturated rings. The second kappa shape index (κ2) is 11.0. The fourth-order valence-electron chi connectivity index (χ4n) is 4.38. The molecule has 0 saturated heterocycles. The van der Waals surface area contributed by atoms with Crippen molar-refractivity contribution in [2.45, 2.75) is 39.2 Å². The highest BCUT2D eigenvalue weighted by Gasteiger charge is 2.46. The van der Waals surface area contributed by atoms with E-state index >= 15 is 0 Å². The van der Waals surface area contributed by atoms with Gasteiger partial charge in [0, 0.05) is 32.0 Å². The van der Waals surface area contributed by atoms with Crippen LogP contribution < -0.4 is 4.74 Å². The predicted octanol–water partition coefficient (Wildman–Crippen LogP) is 4.33. The van der Waals surface area contributed by atoms with Gasteiger partial charge in [-0.05, 0) is 60.9 Å². The van der Waals surface area contributed by atoms with Crippen LogP contribution in [0, 0.1) is 17.8 Å². The van der Waals surface area contributed by atoms with Crippen LogP contribution in [0.3, 0.4) is 0 Å². The molecular formula is C25H31NO5. The van der Waals surface area contributed by atoms with Crippen molar-refractivity contribution in [3.63, 3.8) is 0 Å². The Bertz CT molecular complexity index is 852. The molecule has 0 aliphatic heterocycles.